The van der Waals surface area contributed by atoms with E-state index in [0.717, 1.165) is 0 Å². The third-order valence-electron chi connectivity index (χ3n) is 2.00. The fraction of sp³-hybridized carbons (Fsp3) is 0.700. The SMILES string of the molecule is [C-]#[N+]C1CC(O)(C#C[Si](C)(C)C)C1. The lowest BCUT2D eigenvalue weighted by molar-refractivity contribution is 0.0187. The van der Waals surface area contributed by atoms with Gasteiger partial charge in [0.1, 0.15) is 13.7 Å². The van der Waals surface area contributed by atoms with Gasteiger partial charge < -0.3 is 9.95 Å². The van der Waals surface area contributed by atoms with Gasteiger partial charge in [-0.1, -0.05) is 25.6 Å². The molecule has 1 rings (SSSR count). The maximum atomic E-state index is 9.78. The summed E-state index contributed by atoms with van der Waals surface area (Å²) in [5.74, 6) is 2.92. The van der Waals surface area contributed by atoms with E-state index >= 15 is 0 Å². The van der Waals surface area contributed by atoms with E-state index in [9.17, 15) is 5.11 Å². The minimum Gasteiger partial charge on any atom is -0.377 e. The summed E-state index contributed by atoms with van der Waals surface area (Å²) in [6.45, 7) is 13.2. The molecular weight excluding hydrogens is 178 g/mol. The second-order valence-corrected chi connectivity index (χ2v) is 9.47. The molecule has 1 N–H and O–H groups in total. The summed E-state index contributed by atoms with van der Waals surface area (Å²) in [6.07, 6.45) is 1.07. The molecule has 0 aromatic carbocycles. The van der Waals surface area contributed by atoms with E-state index in [1.54, 1.807) is 0 Å². The van der Waals surface area contributed by atoms with Crippen LogP contribution in [0, 0.1) is 18.0 Å². The van der Waals surface area contributed by atoms with E-state index in [2.05, 4.69) is 36.0 Å². The zero-order chi connectivity index (χ0) is 10.1. The van der Waals surface area contributed by atoms with Crippen LogP contribution >= 0.6 is 0 Å². The second-order valence-electron chi connectivity index (χ2n) is 4.72. The molecule has 0 heterocycles. The molecule has 1 aliphatic rings. The molecule has 0 aliphatic heterocycles. The average Bonchev–Trinajstić information content (AvgIpc) is 1.94. The summed E-state index contributed by atoms with van der Waals surface area (Å²) in [6, 6.07) is 0.000866. The van der Waals surface area contributed by atoms with Gasteiger partial charge in [0, 0.05) is 0 Å². The molecule has 0 bridgehead atoms. The molecule has 1 saturated carbocycles. The number of rotatable bonds is 0. The third kappa shape index (κ3) is 2.88. The number of hydrogen-bond donors (Lipinski definition) is 1. The lowest BCUT2D eigenvalue weighted by Gasteiger charge is -2.32. The van der Waals surface area contributed by atoms with E-state index in [4.69, 9.17) is 6.57 Å². The molecule has 0 atom stereocenters. The molecule has 1 aliphatic carbocycles. The van der Waals surface area contributed by atoms with Crippen LogP contribution in [0.4, 0.5) is 0 Å². The van der Waals surface area contributed by atoms with Crippen LogP contribution in [0.5, 0.6) is 0 Å². The smallest absolute Gasteiger partial charge is 0.231 e. The van der Waals surface area contributed by atoms with Crippen molar-refractivity contribution in [3.8, 4) is 11.5 Å². The largest absolute Gasteiger partial charge is 0.377 e. The molecule has 13 heavy (non-hydrogen) atoms. The van der Waals surface area contributed by atoms with Gasteiger partial charge in [0.15, 0.2) is 0 Å². The van der Waals surface area contributed by atoms with Gasteiger partial charge in [0.05, 0.1) is 12.8 Å². The van der Waals surface area contributed by atoms with Crippen LogP contribution in [0.15, 0.2) is 0 Å². The molecule has 70 valence electrons. The molecular formula is C10H15NOSi. The summed E-state index contributed by atoms with van der Waals surface area (Å²) in [7, 11) is -1.38. The van der Waals surface area contributed by atoms with E-state index in [1.165, 1.54) is 0 Å². The van der Waals surface area contributed by atoms with Crippen molar-refractivity contribution >= 4 is 8.07 Å². The molecule has 0 radical (unpaired) electrons. The van der Waals surface area contributed by atoms with Gasteiger partial charge in [0.25, 0.3) is 0 Å². The molecule has 1 fully saturated rings. The molecule has 0 aromatic rings. The monoisotopic (exact) mass is 193 g/mol. The summed E-state index contributed by atoms with van der Waals surface area (Å²) >= 11 is 0. The standard InChI is InChI=1S/C10H15NOSi/c1-11-9-7-10(12,8-9)5-6-13(2,3)4/h9,12H,7-8H2,2-4H3. The highest BCUT2D eigenvalue weighted by Crippen LogP contribution is 2.33. The quantitative estimate of drug-likeness (QED) is 0.353. The van der Waals surface area contributed by atoms with E-state index in [-0.39, 0.29) is 6.04 Å². The molecule has 0 aromatic heterocycles. The van der Waals surface area contributed by atoms with Crippen LogP contribution in [-0.4, -0.2) is 24.8 Å². The van der Waals surface area contributed by atoms with Crippen molar-refractivity contribution in [2.45, 2.75) is 44.1 Å². The first-order valence-corrected chi connectivity index (χ1v) is 7.98. The Balaban J connectivity index is 2.56. The van der Waals surface area contributed by atoms with Crippen LogP contribution in [0.25, 0.3) is 4.85 Å². The molecule has 0 unspecified atom stereocenters. The lowest BCUT2D eigenvalue weighted by Crippen LogP contribution is -2.44. The van der Waals surface area contributed by atoms with Gasteiger partial charge in [-0.3, -0.25) is 0 Å². The number of hydrogen-bond acceptors (Lipinski definition) is 1. The van der Waals surface area contributed by atoms with Crippen molar-refractivity contribution in [1.82, 2.24) is 0 Å². The molecule has 0 spiro atoms. The number of aliphatic hydroxyl groups is 1. The topological polar surface area (TPSA) is 24.6 Å². The van der Waals surface area contributed by atoms with Crippen molar-refractivity contribution in [3.05, 3.63) is 11.4 Å². The molecule has 0 amide bonds. The average molecular weight is 193 g/mol. The Hall–Kier alpha value is -0.773. The summed E-state index contributed by atoms with van der Waals surface area (Å²) < 4.78 is 0. The van der Waals surface area contributed by atoms with Crippen LogP contribution in [0.1, 0.15) is 12.8 Å². The Bertz CT molecular complexity index is 294. The van der Waals surface area contributed by atoms with Gasteiger partial charge in [-0.2, -0.15) is 0 Å². The van der Waals surface area contributed by atoms with Crippen molar-refractivity contribution in [3.63, 3.8) is 0 Å². The minimum atomic E-state index is -1.38. The zero-order valence-corrected chi connectivity index (χ0v) is 9.39. The van der Waals surface area contributed by atoms with Gasteiger partial charge in [0.2, 0.25) is 6.04 Å². The van der Waals surface area contributed by atoms with E-state index in [0.29, 0.717) is 12.8 Å². The van der Waals surface area contributed by atoms with Crippen molar-refractivity contribution in [2.24, 2.45) is 0 Å². The summed E-state index contributed by atoms with van der Waals surface area (Å²) in [5, 5.41) is 9.78. The first kappa shape index (κ1) is 10.3. The molecule has 3 heteroatoms. The fourth-order valence-electron chi connectivity index (χ4n) is 1.22. The van der Waals surface area contributed by atoms with Crippen molar-refractivity contribution in [1.29, 1.82) is 0 Å². The predicted molar refractivity (Wildman–Crippen MR) is 55.7 cm³/mol. The maximum absolute atomic E-state index is 9.78. The lowest BCUT2D eigenvalue weighted by atomic mass is 9.77. The Morgan fingerprint density at radius 1 is 1.46 bits per heavy atom. The Morgan fingerprint density at radius 2 is 2.00 bits per heavy atom. The van der Waals surface area contributed by atoms with E-state index < -0.39 is 13.7 Å². The van der Waals surface area contributed by atoms with Gasteiger partial charge in [-0.05, 0) is 0 Å². The van der Waals surface area contributed by atoms with Crippen molar-refractivity contribution < 1.29 is 5.11 Å². The summed E-state index contributed by atoms with van der Waals surface area (Å²) in [4.78, 5) is 3.37. The third-order valence-corrected chi connectivity index (χ3v) is 2.87. The van der Waals surface area contributed by atoms with Crippen LogP contribution in [0.2, 0.25) is 19.6 Å². The Morgan fingerprint density at radius 3 is 2.38 bits per heavy atom. The van der Waals surface area contributed by atoms with Crippen LogP contribution < -0.4 is 0 Å². The van der Waals surface area contributed by atoms with Crippen LogP contribution in [-0.2, 0) is 0 Å². The zero-order valence-electron chi connectivity index (χ0n) is 8.39. The second kappa shape index (κ2) is 3.18. The first-order valence-electron chi connectivity index (χ1n) is 4.48. The normalized spacial score (nSPS) is 32.4. The first-order chi connectivity index (χ1) is 5.85. The highest BCUT2D eigenvalue weighted by molar-refractivity contribution is 6.83. The maximum Gasteiger partial charge on any atom is 0.231 e. The molecule has 0 saturated heterocycles. The van der Waals surface area contributed by atoms with E-state index in [1.807, 2.05) is 0 Å². The summed E-state index contributed by atoms with van der Waals surface area (Å²) in [5.41, 5.74) is 2.31. The van der Waals surface area contributed by atoms with Gasteiger partial charge >= 0.3 is 0 Å². The minimum absolute atomic E-state index is 0.000866. The number of nitrogens with zero attached hydrogens (tertiary/aromatic N) is 1. The fourth-order valence-corrected chi connectivity index (χ4v) is 1.82. The highest BCUT2D eigenvalue weighted by Gasteiger charge is 2.46. The Labute approximate surface area is 80.8 Å². The van der Waals surface area contributed by atoms with Crippen molar-refractivity contribution in [2.75, 3.05) is 0 Å². The predicted octanol–water partition coefficient (Wildman–Crippen LogP) is 1.68. The van der Waals surface area contributed by atoms with Crippen LogP contribution in [0.3, 0.4) is 0 Å². The van der Waals surface area contributed by atoms with Gasteiger partial charge in [-0.25, -0.2) is 6.57 Å². The highest BCUT2D eigenvalue weighted by atomic mass is 28.3. The molecule has 2 nitrogen and oxygen atoms in total. The van der Waals surface area contributed by atoms with Gasteiger partial charge in [-0.15, -0.1) is 5.54 Å². The Kier molecular flexibility index (Phi) is 2.52.